The van der Waals surface area contributed by atoms with Crippen LogP contribution in [-0.4, -0.2) is 31.9 Å². The largest absolute Gasteiger partial charge is 0.325 e. The first-order valence-electron chi connectivity index (χ1n) is 6.74. The summed E-state index contributed by atoms with van der Waals surface area (Å²) < 4.78 is 2.58. The molecule has 1 N–H and O–H groups in total. The Morgan fingerprint density at radius 1 is 1.13 bits per heavy atom. The smallest absolute Gasteiger partial charge is 0.234 e. The van der Waals surface area contributed by atoms with E-state index in [0.29, 0.717) is 5.16 Å². The van der Waals surface area contributed by atoms with Crippen molar-refractivity contribution in [1.82, 2.24) is 20.2 Å². The SMILES string of the molecule is O=C(CSc1nnnn1-c1ccc(Br)cc1)Nc1ccccc1. The molecule has 0 unspecified atom stereocenters. The minimum absolute atomic E-state index is 0.105. The van der Waals surface area contributed by atoms with Crippen molar-refractivity contribution in [2.24, 2.45) is 0 Å². The molecular formula is C15H12BrN5OS. The van der Waals surface area contributed by atoms with Gasteiger partial charge in [0.15, 0.2) is 0 Å². The molecule has 2 aromatic carbocycles. The van der Waals surface area contributed by atoms with Crippen molar-refractivity contribution in [2.45, 2.75) is 5.16 Å². The van der Waals surface area contributed by atoms with E-state index in [1.807, 2.05) is 54.6 Å². The predicted molar refractivity (Wildman–Crippen MR) is 92.6 cm³/mol. The standard InChI is InChI=1S/C15H12BrN5OS/c16-11-6-8-13(9-7-11)21-15(18-19-20-21)23-10-14(22)17-12-4-2-1-3-5-12/h1-9H,10H2,(H,17,22). The number of amides is 1. The van der Waals surface area contributed by atoms with Crippen molar-refractivity contribution in [3.8, 4) is 5.69 Å². The molecule has 0 aliphatic rings. The van der Waals surface area contributed by atoms with Gasteiger partial charge in [0.25, 0.3) is 0 Å². The molecule has 0 aliphatic heterocycles. The number of hydrogen-bond donors (Lipinski definition) is 1. The third kappa shape index (κ3) is 4.17. The fourth-order valence-electron chi connectivity index (χ4n) is 1.86. The zero-order valence-corrected chi connectivity index (χ0v) is 14.3. The Hall–Kier alpha value is -2.19. The maximum absolute atomic E-state index is 12.0. The van der Waals surface area contributed by atoms with E-state index in [1.54, 1.807) is 4.68 Å². The van der Waals surface area contributed by atoms with Crippen molar-refractivity contribution in [3.63, 3.8) is 0 Å². The summed E-state index contributed by atoms with van der Waals surface area (Å²) in [4.78, 5) is 12.0. The Bertz CT molecular complexity index is 791. The molecular weight excluding hydrogens is 378 g/mol. The van der Waals surface area contributed by atoms with Crippen LogP contribution in [0.1, 0.15) is 0 Å². The van der Waals surface area contributed by atoms with Gasteiger partial charge in [0, 0.05) is 10.2 Å². The highest BCUT2D eigenvalue weighted by Gasteiger charge is 2.11. The number of rotatable bonds is 5. The predicted octanol–water partition coefficient (Wildman–Crippen LogP) is 3.16. The first kappa shape index (κ1) is 15.7. The van der Waals surface area contributed by atoms with Crippen LogP contribution in [0.25, 0.3) is 5.69 Å². The number of anilines is 1. The second-order valence-electron chi connectivity index (χ2n) is 4.55. The number of carbonyl (C=O) groups is 1. The molecule has 1 heterocycles. The molecule has 6 nitrogen and oxygen atoms in total. The lowest BCUT2D eigenvalue weighted by atomic mass is 10.3. The van der Waals surface area contributed by atoms with Crippen LogP contribution >= 0.6 is 27.7 Å². The molecule has 0 fully saturated rings. The summed E-state index contributed by atoms with van der Waals surface area (Å²) in [6.45, 7) is 0. The topological polar surface area (TPSA) is 72.7 Å². The van der Waals surface area contributed by atoms with Gasteiger partial charge in [-0.25, -0.2) is 0 Å². The van der Waals surface area contributed by atoms with E-state index in [9.17, 15) is 4.79 Å². The Morgan fingerprint density at radius 2 is 1.87 bits per heavy atom. The van der Waals surface area contributed by atoms with Gasteiger partial charge in [0.05, 0.1) is 11.4 Å². The van der Waals surface area contributed by atoms with Gasteiger partial charge in [-0.1, -0.05) is 45.9 Å². The first-order chi connectivity index (χ1) is 11.2. The molecule has 116 valence electrons. The van der Waals surface area contributed by atoms with Crippen molar-refractivity contribution >= 4 is 39.3 Å². The number of nitrogens with zero attached hydrogens (tertiary/aromatic N) is 4. The number of aromatic nitrogens is 4. The number of tetrazole rings is 1. The van der Waals surface area contributed by atoms with Gasteiger partial charge in [0.1, 0.15) is 0 Å². The van der Waals surface area contributed by atoms with Gasteiger partial charge >= 0.3 is 0 Å². The van der Waals surface area contributed by atoms with Gasteiger partial charge in [-0.3, -0.25) is 4.79 Å². The number of carbonyl (C=O) groups excluding carboxylic acids is 1. The Balaban J connectivity index is 1.64. The Morgan fingerprint density at radius 3 is 2.61 bits per heavy atom. The molecule has 1 amide bonds. The number of thioether (sulfide) groups is 1. The lowest BCUT2D eigenvalue weighted by molar-refractivity contribution is -0.113. The van der Waals surface area contributed by atoms with Crippen LogP contribution in [-0.2, 0) is 4.79 Å². The maximum Gasteiger partial charge on any atom is 0.234 e. The summed E-state index contributed by atoms with van der Waals surface area (Å²) in [6, 6.07) is 16.9. The lowest BCUT2D eigenvalue weighted by Crippen LogP contribution is -2.14. The first-order valence-corrected chi connectivity index (χ1v) is 8.52. The van der Waals surface area contributed by atoms with Crippen LogP contribution in [0.2, 0.25) is 0 Å². The summed E-state index contributed by atoms with van der Waals surface area (Å²) in [7, 11) is 0. The highest BCUT2D eigenvalue weighted by Crippen LogP contribution is 2.20. The molecule has 23 heavy (non-hydrogen) atoms. The highest BCUT2D eigenvalue weighted by atomic mass is 79.9. The number of nitrogens with one attached hydrogen (secondary N) is 1. The Labute approximate surface area is 145 Å². The van der Waals surface area contributed by atoms with E-state index in [4.69, 9.17) is 0 Å². The second kappa shape index (κ2) is 7.38. The van der Waals surface area contributed by atoms with Crippen LogP contribution in [0.3, 0.4) is 0 Å². The molecule has 0 bridgehead atoms. The van der Waals surface area contributed by atoms with Crippen LogP contribution in [0.4, 0.5) is 5.69 Å². The zero-order chi connectivity index (χ0) is 16.1. The van der Waals surface area contributed by atoms with Crippen molar-refractivity contribution in [1.29, 1.82) is 0 Å². The van der Waals surface area contributed by atoms with Gasteiger partial charge in [-0.15, -0.1) is 5.10 Å². The quantitative estimate of drug-likeness (QED) is 0.678. The molecule has 3 rings (SSSR count). The fraction of sp³-hybridized carbons (Fsp3) is 0.0667. The van der Waals surface area contributed by atoms with Crippen LogP contribution in [0, 0.1) is 0 Å². The average molecular weight is 390 g/mol. The van der Waals surface area contributed by atoms with Crippen LogP contribution < -0.4 is 5.32 Å². The molecule has 0 spiro atoms. The van der Waals surface area contributed by atoms with E-state index in [0.717, 1.165) is 15.8 Å². The molecule has 0 aliphatic carbocycles. The highest BCUT2D eigenvalue weighted by molar-refractivity contribution is 9.10. The number of benzene rings is 2. The van der Waals surface area contributed by atoms with Crippen LogP contribution in [0.5, 0.6) is 0 Å². The van der Waals surface area contributed by atoms with Gasteiger partial charge in [-0.05, 0) is 46.8 Å². The van der Waals surface area contributed by atoms with Crippen LogP contribution in [0.15, 0.2) is 64.2 Å². The summed E-state index contributed by atoms with van der Waals surface area (Å²) in [5.74, 6) is 0.123. The van der Waals surface area contributed by atoms with Crippen molar-refractivity contribution in [3.05, 3.63) is 59.1 Å². The minimum Gasteiger partial charge on any atom is -0.325 e. The van der Waals surface area contributed by atoms with Crippen molar-refractivity contribution < 1.29 is 4.79 Å². The summed E-state index contributed by atoms with van der Waals surface area (Å²) in [6.07, 6.45) is 0. The van der Waals surface area contributed by atoms with Gasteiger partial charge in [0.2, 0.25) is 11.1 Å². The van der Waals surface area contributed by atoms with E-state index in [1.165, 1.54) is 11.8 Å². The molecule has 3 aromatic rings. The van der Waals surface area contributed by atoms with Gasteiger partial charge < -0.3 is 5.32 Å². The number of para-hydroxylation sites is 1. The Kier molecular flexibility index (Phi) is 5.04. The molecule has 8 heteroatoms. The molecule has 1 aromatic heterocycles. The number of hydrogen-bond acceptors (Lipinski definition) is 5. The average Bonchev–Trinajstić information content (AvgIpc) is 3.03. The maximum atomic E-state index is 12.0. The van der Waals surface area contributed by atoms with Crippen molar-refractivity contribution in [2.75, 3.05) is 11.1 Å². The molecule has 0 atom stereocenters. The molecule has 0 saturated heterocycles. The molecule has 0 saturated carbocycles. The number of halogens is 1. The zero-order valence-electron chi connectivity index (χ0n) is 11.9. The molecule has 0 radical (unpaired) electrons. The summed E-state index contributed by atoms with van der Waals surface area (Å²) >= 11 is 4.67. The van der Waals surface area contributed by atoms with E-state index in [2.05, 4.69) is 36.8 Å². The summed E-state index contributed by atoms with van der Waals surface area (Å²) in [5, 5.41) is 15.0. The normalized spacial score (nSPS) is 10.5. The monoisotopic (exact) mass is 389 g/mol. The van der Waals surface area contributed by atoms with E-state index in [-0.39, 0.29) is 11.7 Å². The fourth-order valence-corrected chi connectivity index (χ4v) is 2.82. The van der Waals surface area contributed by atoms with E-state index < -0.39 is 0 Å². The van der Waals surface area contributed by atoms with Gasteiger partial charge in [-0.2, -0.15) is 4.68 Å². The summed E-state index contributed by atoms with van der Waals surface area (Å²) in [5.41, 5.74) is 1.61. The minimum atomic E-state index is -0.105. The lowest BCUT2D eigenvalue weighted by Gasteiger charge is -2.05. The third-order valence-electron chi connectivity index (χ3n) is 2.90. The second-order valence-corrected chi connectivity index (χ2v) is 6.41. The van der Waals surface area contributed by atoms with E-state index >= 15 is 0 Å². The third-order valence-corrected chi connectivity index (χ3v) is 4.35.